The van der Waals surface area contributed by atoms with Crippen LogP contribution in [-0.2, 0) is 16.1 Å². The van der Waals surface area contributed by atoms with Gasteiger partial charge in [-0.2, -0.15) is 0 Å². The van der Waals surface area contributed by atoms with Gasteiger partial charge in [0, 0.05) is 18.1 Å². The summed E-state index contributed by atoms with van der Waals surface area (Å²) in [7, 11) is 0. The summed E-state index contributed by atoms with van der Waals surface area (Å²) in [6.07, 6.45) is 9.12. The quantitative estimate of drug-likeness (QED) is 0.675. The van der Waals surface area contributed by atoms with E-state index in [1.54, 1.807) is 0 Å². The van der Waals surface area contributed by atoms with Crippen LogP contribution in [0.3, 0.4) is 0 Å². The van der Waals surface area contributed by atoms with E-state index in [9.17, 15) is 9.59 Å². The van der Waals surface area contributed by atoms with Crippen LogP contribution in [0.25, 0.3) is 11.0 Å². The molecule has 1 aliphatic heterocycles. The number of carbonyl (C=O) groups excluding carboxylic acids is 2. The van der Waals surface area contributed by atoms with Crippen LogP contribution < -0.4 is 5.32 Å². The number of nitrogens with one attached hydrogen (secondary N) is 1. The topological polar surface area (TPSA) is 67.2 Å². The number of carbonyl (C=O) groups is 2. The first-order valence-corrected chi connectivity index (χ1v) is 12.7. The van der Waals surface area contributed by atoms with Gasteiger partial charge in [0.15, 0.2) is 5.16 Å². The molecule has 2 amide bonds. The average Bonchev–Trinajstić information content (AvgIpc) is 3.10. The van der Waals surface area contributed by atoms with Crippen molar-refractivity contribution in [1.82, 2.24) is 19.8 Å². The molecule has 0 bridgehead atoms. The second-order valence-electron chi connectivity index (χ2n) is 9.09. The Labute approximate surface area is 189 Å². The number of imidazole rings is 1. The van der Waals surface area contributed by atoms with Gasteiger partial charge in [-0.25, -0.2) is 4.98 Å². The van der Waals surface area contributed by atoms with Crippen LogP contribution in [0.5, 0.6) is 0 Å². The van der Waals surface area contributed by atoms with Crippen molar-refractivity contribution in [3.05, 3.63) is 24.3 Å². The van der Waals surface area contributed by atoms with Crippen LogP contribution in [0.4, 0.5) is 0 Å². The number of fused-ring (bicyclic) bond motifs is 1. The monoisotopic (exact) mass is 442 g/mol. The third-order valence-corrected chi connectivity index (χ3v) is 7.67. The van der Waals surface area contributed by atoms with Crippen LogP contribution in [0.15, 0.2) is 29.4 Å². The highest BCUT2D eigenvalue weighted by Gasteiger charge is 2.29. The third kappa shape index (κ3) is 5.25. The van der Waals surface area contributed by atoms with E-state index in [1.807, 2.05) is 33.7 Å². The summed E-state index contributed by atoms with van der Waals surface area (Å²) in [6.45, 7) is 4.55. The molecule has 7 heteroatoms. The number of hydrogen-bond donors (Lipinski definition) is 1. The lowest BCUT2D eigenvalue weighted by Gasteiger charge is -2.39. The lowest BCUT2D eigenvalue weighted by molar-refractivity contribution is -0.138. The molecule has 1 N–H and O–H groups in total. The summed E-state index contributed by atoms with van der Waals surface area (Å²) in [6, 6.07) is 8.75. The number of likely N-dealkylation sites (tertiary alicyclic amines) is 1. The standard InChI is InChI=1S/C24H34N4O2S/c1-17-9-8-10-18(2)28(17)23(30)15-27-21-14-7-6-13-20(21)26-24(27)31-16-22(29)25-19-11-4-3-5-12-19/h6-7,13-14,17-19H,3-5,8-12,15-16H2,1-2H3,(H,25,29)/t17-,18-/m0/s1. The first-order chi connectivity index (χ1) is 15.0. The summed E-state index contributed by atoms with van der Waals surface area (Å²) in [5.41, 5.74) is 1.81. The molecule has 2 atom stereocenters. The Bertz CT molecular complexity index is 911. The van der Waals surface area contributed by atoms with Gasteiger partial charge < -0.3 is 14.8 Å². The predicted octanol–water partition coefficient (Wildman–Crippen LogP) is 4.37. The fraction of sp³-hybridized carbons (Fsp3) is 0.625. The smallest absolute Gasteiger partial charge is 0.243 e. The van der Waals surface area contributed by atoms with Gasteiger partial charge in [0.2, 0.25) is 11.8 Å². The fourth-order valence-electron chi connectivity index (χ4n) is 5.09. The summed E-state index contributed by atoms with van der Waals surface area (Å²) >= 11 is 1.43. The van der Waals surface area contributed by atoms with E-state index in [0.29, 0.717) is 11.8 Å². The van der Waals surface area contributed by atoms with Gasteiger partial charge in [-0.15, -0.1) is 0 Å². The van der Waals surface area contributed by atoms with Crippen molar-refractivity contribution in [2.75, 3.05) is 5.75 Å². The van der Waals surface area contributed by atoms with E-state index in [2.05, 4.69) is 19.2 Å². The van der Waals surface area contributed by atoms with E-state index >= 15 is 0 Å². The molecule has 1 aliphatic carbocycles. The molecule has 2 heterocycles. The van der Waals surface area contributed by atoms with Gasteiger partial charge in [0.05, 0.1) is 16.8 Å². The van der Waals surface area contributed by atoms with Crippen LogP contribution in [-0.4, -0.2) is 50.1 Å². The maximum Gasteiger partial charge on any atom is 0.243 e. The first kappa shape index (κ1) is 22.2. The lowest BCUT2D eigenvalue weighted by Crippen LogP contribution is -2.48. The highest BCUT2D eigenvalue weighted by molar-refractivity contribution is 7.99. The van der Waals surface area contributed by atoms with Gasteiger partial charge in [0.1, 0.15) is 6.54 Å². The van der Waals surface area contributed by atoms with Gasteiger partial charge in [-0.05, 0) is 58.1 Å². The summed E-state index contributed by atoms with van der Waals surface area (Å²) < 4.78 is 1.99. The highest BCUT2D eigenvalue weighted by atomic mass is 32.2. The van der Waals surface area contributed by atoms with E-state index in [1.165, 1.54) is 37.4 Å². The van der Waals surface area contributed by atoms with Crippen molar-refractivity contribution in [2.45, 2.75) is 95.0 Å². The minimum absolute atomic E-state index is 0.0557. The molecule has 6 nitrogen and oxygen atoms in total. The number of thioether (sulfide) groups is 1. The highest BCUT2D eigenvalue weighted by Crippen LogP contribution is 2.27. The molecule has 1 saturated heterocycles. The Balaban J connectivity index is 1.47. The number of amides is 2. The normalized spacial score (nSPS) is 22.6. The SMILES string of the molecule is C[C@H]1CCC[C@H](C)N1C(=O)Cn1c(SCC(=O)NC2CCCCC2)nc2ccccc21. The Morgan fingerprint density at radius 2 is 1.74 bits per heavy atom. The number of para-hydroxylation sites is 2. The number of aromatic nitrogens is 2. The number of benzene rings is 1. The van der Waals surface area contributed by atoms with E-state index < -0.39 is 0 Å². The van der Waals surface area contributed by atoms with Crippen LogP contribution in [0.2, 0.25) is 0 Å². The largest absolute Gasteiger partial charge is 0.353 e. The number of piperidine rings is 1. The zero-order valence-electron chi connectivity index (χ0n) is 18.7. The van der Waals surface area contributed by atoms with E-state index in [4.69, 9.17) is 4.98 Å². The van der Waals surface area contributed by atoms with Gasteiger partial charge in [-0.3, -0.25) is 9.59 Å². The maximum absolute atomic E-state index is 13.3. The Morgan fingerprint density at radius 1 is 1.03 bits per heavy atom. The molecule has 0 radical (unpaired) electrons. The number of nitrogens with zero attached hydrogens (tertiary/aromatic N) is 3. The predicted molar refractivity (Wildman–Crippen MR) is 125 cm³/mol. The van der Waals surface area contributed by atoms with Crippen LogP contribution >= 0.6 is 11.8 Å². The molecule has 168 valence electrons. The molecular formula is C24H34N4O2S. The Kier molecular flexibility index (Phi) is 7.20. The molecule has 2 aromatic rings. The van der Waals surface area contributed by atoms with Gasteiger partial charge >= 0.3 is 0 Å². The van der Waals surface area contributed by atoms with Crippen molar-refractivity contribution in [3.8, 4) is 0 Å². The summed E-state index contributed by atoms with van der Waals surface area (Å²) in [4.78, 5) is 32.6. The van der Waals surface area contributed by atoms with E-state index in [-0.39, 0.29) is 30.4 Å². The number of rotatable bonds is 6. The lowest BCUT2D eigenvalue weighted by atomic mass is 9.95. The molecule has 1 saturated carbocycles. The molecule has 4 rings (SSSR count). The molecule has 1 aromatic heterocycles. The third-order valence-electron chi connectivity index (χ3n) is 6.70. The summed E-state index contributed by atoms with van der Waals surface area (Å²) in [5, 5.41) is 3.92. The second-order valence-corrected chi connectivity index (χ2v) is 10.0. The zero-order valence-corrected chi connectivity index (χ0v) is 19.5. The number of hydrogen-bond acceptors (Lipinski definition) is 4. The van der Waals surface area contributed by atoms with Crippen molar-refractivity contribution < 1.29 is 9.59 Å². The van der Waals surface area contributed by atoms with Crippen molar-refractivity contribution in [2.24, 2.45) is 0 Å². The fourth-order valence-corrected chi connectivity index (χ4v) is 5.92. The molecule has 2 fully saturated rings. The molecule has 0 unspecified atom stereocenters. The molecule has 0 spiro atoms. The van der Waals surface area contributed by atoms with Gasteiger partial charge in [0.25, 0.3) is 0 Å². The first-order valence-electron chi connectivity index (χ1n) is 11.7. The van der Waals surface area contributed by atoms with Gasteiger partial charge in [-0.1, -0.05) is 43.2 Å². The zero-order chi connectivity index (χ0) is 21.8. The molecular weight excluding hydrogens is 408 g/mol. The van der Waals surface area contributed by atoms with Crippen molar-refractivity contribution in [3.63, 3.8) is 0 Å². The average molecular weight is 443 g/mol. The molecule has 1 aromatic carbocycles. The van der Waals surface area contributed by atoms with E-state index in [0.717, 1.165) is 41.9 Å². The molecule has 31 heavy (non-hydrogen) atoms. The summed E-state index contributed by atoms with van der Waals surface area (Å²) in [5.74, 6) is 0.515. The molecule has 2 aliphatic rings. The van der Waals surface area contributed by atoms with Crippen LogP contribution in [0.1, 0.15) is 65.2 Å². The van der Waals surface area contributed by atoms with Crippen LogP contribution in [0, 0.1) is 0 Å². The minimum atomic E-state index is 0.0557. The maximum atomic E-state index is 13.3. The Hall–Kier alpha value is -2.02. The minimum Gasteiger partial charge on any atom is -0.353 e. The van der Waals surface area contributed by atoms with Crippen molar-refractivity contribution in [1.29, 1.82) is 0 Å². The second kappa shape index (κ2) is 10.1. The van der Waals surface area contributed by atoms with Crippen molar-refractivity contribution >= 4 is 34.6 Å². The Morgan fingerprint density at radius 3 is 2.48 bits per heavy atom.